The Bertz CT molecular complexity index is 587. The zero-order chi connectivity index (χ0) is 16.9. The molecule has 1 atom stereocenters. The van der Waals surface area contributed by atoms with E-state index in [1.165, 1.54) is 28.4 Å². The molecule has 7 heteroatoms. The molecule has 1 amide bonds. The maximum atomic E-state index is 12.2. The van der Waals surface area contributed by atoms with E-state index in [1.54, 1.807) is 0 Å². The van der Waals surface area contributed by atoms with Gasteiger partial charge in [-0.15, -0.1) is 23.5 Å². The molecule has 2 aliphatic heterocycles. The average molecular weight is 367 g/mol. The van der Waals surface area contributed by atoms with Gasteiger partial charge >= 0.3 is 5.97 Å². The predicted octanol–water partition coefficient (Wildman–Crippen LogP) is 3.01. The van der Waals surface area contributed by atoms with Gasteiger partial charge in [0.05, 0.1) is 4.58 Å². The summed E-state index contributed by atoms with van der Waals surface area (Å²) in [6, 6.07) is 7.16. The lowest BCUT2D eigenvalue weighted by Gasteiger charge is -2.22. The molecule has 24 heavy (non-hydrogen) atoms. The number of benzene rings is 1. The van der Waals surface area contributed by atoms with E-state index in [9.17, 15) is 9.59 Å². The summed E-state index contributed by atoms with van der Waals surface area (Å²) >= 11 is 3.93. The highest BCUT2D eigenvalue weighted by molar-refractivity contribution is 8.16. The van der Waals surface area contributed by atoms with Crippen LogP contribution in [0.25, 0.3) is 0 Å². The predicted molar refractivity (Wildman–Crippen MR) is 96.6 cm³/mol. The second-order valence-electron chi connectivity index (χ2n) is 5.87. The maximum absolute atomic E-state index is 12.2. The van der Waals surface area contributed by atoms with Gasteiger partial charge in [-0.3, -0.25) is 4.79 Å². The van der Waals surface area contributed by atoms with E-state index in [0.717, 1.165) is 6.42 Å². The number of hydrogen-bond acceptors (Lipinski definition) is 5. The van der Waals surface area contributed by atoms with Gasteiger partial charge in [-0.2, -0.15) is 0 Å². The minimum atomic E-state index is -0.937. The average Bonchev–Trinajstić information content (AvgIpc) is 3.11. The first-order valence-electron chi connectivity index (χ1n) is 8.13. The molecule has 1 aromatic rings. The molecule has 0 aliphatic carbocycles. The normalized spacial score (nSPS) is 21.7. The molecule has 2 heterocycles. The Kier molecular flexibility index (Phi) is 5.94. The van der Waals surface area contributed by atoms with Crippen LogP contribution in [0, 0.1) is 0 Å². The van der Waals surface area contributed by atoms with Crippen molar-refractivity contribution in [1.29, 1.82) is 0 Å². The van der Waals surface area contributed by atoms with Gasteiger partial charge in [0.2, 0.25) is 0 Å². The van der Waals surface area contributed by atoms with Crippen molar-refractivity contribution in [3.8, 4) is 5.75 Å². The number of carboxylic acid groups (broad SMARTS) is 1. The Morgan fingerprint density at radius 2 is 1.88 bits per heavy atom. The number of rotatable bonds is 5. The second kappa shape index (κ2) is 8.16. The van der Waals surface area contributed by atoms with Gasteiger partial charge in [0.25, 0.3) is 5.91 Å². The van der Waals surface area contributed by atoms with Crippen LogP contribution in [0.5, 0.6) is 5.75 Å². The van der Waals surface area contributed by atoms with Gasteiger partial charge in [-0.05, 0) is 48.5 Å². The lowest BCUT2D eigenvalue weighted by molar-refractivity contribution is -0.148. The van der Waals surface area contributed by atoms with Crippen LogP contribution in [0.3, 0.4) is 0 Å². The number of aliphatic carboxylic acids is 1. The van der Waals surface area contributed by atoms with Crippen molar-refractivity contribution in [1.82, 2.24) is 4.90 Å². The fraction of sp³-hybridized carbons (Fsp3) is 0.529. The largest absolute Gasteiger partial charge is 0.484 e. The first kappa shape index (κ1) is 17.5. The van der Waals surface area contributed by atoms with Crippen LogP contribution in [-0.2, 0) is 9.59 Å². The van der Waals surface area contributed by atoms with Gasteiger partial charge in [-0.1, -0.05) is 12.1 Å². The first-order chi connectivity index (χ1) is 11.6. The fourth-order valence-electron chi connectivity index (χ4n) is 2.95. The molecule has 3 rings (SSSR count). The highest BCUT2D eigenvalue weighted by Gasteiger charge is 2.33. The molecule has 2 aliphatic rings. The van der Waals surface area contributed by atoms with Gasteiger partial charge < -0.3 is 14.7 Å². The zero-order valence-electron chi connectivity index (χ0n) is 13.3. The smallest absolute Gasteiger partial charge is 0.326 e. The van der Waals surface area contributed by atoms with Crippen molar-refractivity contribution in [3.63, 3.8) is 0 Å². The molecule has 0 unspecified atom stereocenters. The highest BCUT2D eigenvalue weighted by atomic mass is 32.2. The second-order valence-corrected chi connectivity index (χ2v) is 8.59. The Morgan fingerprint density at radius 1 is 1.17 bits per heavy atom. The number of carbonyl (C=O) groups is 2. The van der Waals surface area contributed by atoms with Gasteiger partial charge in [-0.25, -0.2) is 4.79 Å². The minimum Gasteiger partial charge on any atom is -0.484 e. The number of ether oxygens (including phenoxy) is 1. The quantitative estimate of drug-likeness (QED) is 0.863. The van der Waals surface area contributed by atoms with Crippen LogP contribution >= 0.6 is 23.5 Å². The van der Waals surface area contributed by atoms with Crippen LogP contribution < -0.4 is 4.74 Å². The van der Waals surface area contributed by atoms with E-state index in [2.05, 4.69) is 0 Å². The number of amides is 1. The van der Waals surface area contributed by atoms with E-state index in [-0.39, 0.29) is 12.5 Å². The van der Waals surface area contributed by atoms with E-state index in [1.807, 2.05) is 47.8 Å². The van der Waals surface area contributed by atoms with Crippen molar-refractivity contribution >= 4 is 35.4 Å². The highest BCUT2D eigenvalue weighted by Crippen LogP contribution is 2.43. The Balaban J connectivity index is 1.52. The molecule has 0 aromatic heterocycles. The van der Waals surface area contributed by atoms with Crippen molar-refractivity contribution in [2.75, 3.05) is 24.7 Å². The van der Waals surface area contributed by atoms with Crippen LogP contribution in [0.1, 0.15) is 29.4 Å². The molecule has 5 nitrogen and oxygen atoms in total. The monoisotopic (exact) mass is 367 g/mol. The SMILES string of the molecule is O=C(O)[C@@H]1CCCN1C(=O)COc1ccc(C2SCCCS2)cc1. The first-order valence-corrected chi connectivity index (χ1v) is 10.2. The third-order valence-electron chi connectivity index (χ3n) is 4.20. The standard InChI is InChI=1S/C17H21NO4S2/c19-15(18-8-1-3-14(18)16(20)21)11-22-13-6-4-12(5-7-13)17-23-9-2-10-24-17/h4-7,14,17H,1-3,8-11H2,(H,20,21)/t14-/m0/s1. The number of thioether (sulfide) groups is 2. The molecule has 2 saturated heterocycles. The number of likely N-dealkylation sites (tertiary alicyclic amines) is 1. The molecule has 1 aromatic carbocycles. The summed E-state index contributed by atoms with van der Waals surface area (Å²) in [5.41, 5.74) is 1.27. The molecule has 2 fully saturated rings. The summed E-state index contributed by atoms with van der Waals surface area (Å²) in [4.78, 5) is 24.7. The molecular formula is C17H21NO4S2. The zero-order valence-corrected chi connectivity index (χ0v) is 15.0. The van der Waals surface area contributed by atoms with E-state index >= 15 is 0 Å². The molecule has 0 radical (unpaired) electrons. The van der Waals surface area contributed by atoms with Crippen molar-refractivity contribution in [2.45, 2.75) is 29.9 Å². The lowest BCUT2D eigenvalue weighted by atomic mass is 10.2. The fourth-order valence-corrected chi connectivity index (χ4v) is 5.85. The lowest BCUT2D eigenvalue weighted by Crippen LogP contribution is -2.42. The molecular weight excluding hydrogens is 346 g/mol. The molecule has 0 saturated carbocycles. The van der Waals surface area contributed by atoms with Crippen molar-refractivity contribution < 1.29 is 19.4 Å². The third kappa shape index (κ3) is 4.19. The Labute approximate surface area is 150 Å². The summed E-state index contributed by atoms with van der Waals surface area (Å²) < 4.78 is 6.03. The Hall–Kier alpha value is -1.34. The molecule has 0 bridgehead atoms. The minimum absolute atomic E-state index is 0.115. The summed E-state index contributed by atoms with van der Waals surface area (Å²) in [5, 5.41) is 9.13. The van der Waals surface area contributed by atoms with Crippen molar-refractivity contribution in [3.05, 3.63) is 29.8 Å². The summed E-state index contributed by atoms with van der Waals surface area (Å²) in [7, 11) is 0. The van der Waals surface area contributed by atoms with Crippen LogP contribution in [0.15, 0.2) is 24.3 Å². The molecule has 130 valence electrons. The Morgan fingerprint density at radius 3 is 2.54 bits per heavy atom. The van der Waals surface area contributed by atoms with E-state index < -0.39 is 12.0 Å². The van der Waals surface area contributed by atoms with Gasteiger partial charge in [0, 0.05) is 6.54 Å². The number of carboxylic acids is 1. The number of nitrogens with zero attached hydrogens (tertiary/aromatic N) is 1. The number of carbonyl (C=O) groups excluding carboxylic acids is 1. The summed E-state index contributed by atoms with van der Waals surface area (Å²) in [5.74, 6) is 1.84. The van der Waals surface area contributed by atoms with Crippen LogP contribution in [0.4, 0.5) is 0 Å². The van der Waals surface area contributed by atoms with Gasteiger partial charge in [0.15, 0.2) is 6.61 Å². The van der Waals surface area contributed by atoms with Gasteiger partial charge in [0.1, 0.15) is 11.8 Å². The molecule has 0 spiro atoms. The number of hydrogen-bond donors (Lipinski definition) is 1. The van der Waals surface area contributed by atoms with E-state index in [0.29, 0.717) is 23.3 Å². The molecule has 1 N–H and O–H groups in total. The maximum Gasteiger partial charge on any atom is 0.326 e. The topological polar surface area (TPSA) is 66.8 Å². The van der Waals surface area contributed by atoms with E-state index in [4.69, 9.17) is 9.84 Å². The summed E-state index contributed by atoms with van der Waals surface area (Å²) in [6.07, 6.45) is 2.52. The third-order valence-corrected chi connectivity index (χ3v) is 7.21. The van der Waals surface area contributed by atoms with Crippen molar-refractivity contribution in [2.24, 2.45) is 0 Å². The van der Waals surface area contributed by atoms with Crippen LogP contribution in [-0.4, -0.2) is 52.6 Å². The van der Waals surface area contributed by atoms with Crippen LogP contribution in [0.2, 0.25) is 0 Å². The summed E-state index contributed by atoms with van der Waals surface area (Å²) in [6.45, 7) is 0.379.